The molecule has 2 aliphatic heterocycles. The number of phenols is 3. The van der Waals surface area contributed by atoms with Crippen LogP contribution in [0.4, 0.5) is 5.69 Å². The van der Waals surface area contributed by atoms with Gasteiger partial charge in [0.25, 0.3) is 0 Å². The molecule has 220 valence electrons. The molecule has 43 heavy (non-hydrogen) atoms. The molecule has 15 heteroatoms. The Morgan fingerprint density at radius 3 is 2.33 bits per heavy atom. The molecule has 4 aromatic rings. The molecule has 0 fully saturated rings. The van der Waals surface area contributed by atoms with Crippen molar-refractivity contribution in [3.8, 4) is 34.3 Å². The van der Waals surface area contributed by atoms with Crippen molar-refractivity contribution in [2.75, 3.05) is 0 Å². The number of ether oxygens (including phenoxy) is 2. The molecule has 6 rings (SSSR count). The molecule has 2 aromatic carbocycles. The van der Waals surface area contributed by atoms with Crippen LogP contribution < -0.4 is 15.6 Å². The Bertz CT molecular complexity index is 2070. The third kappa shape index (κ3) is 3.85. The number of aryl methyl sites for hydroxylation is 1. The summed E-state index contributed by atoms with van der Waals surface area (Å²) in [7, 11) is 0. The summed E-state index contributed by atoms with van der Waals surface area (Å²) < 4.78 is 23.3. The number of hydrogen-bond donors (Lipinski definition) is 5. The van der Waals surface area contributed by atoms with Crippen LogP contribution in [0.25, 0.3) is 22.3 Å². The Balaban J connectivity index is 1.75. The Hall–Kier alpha value is -5.70. The van der Waals surface area contributed by atoms with Crippen LogP contribution in [-0.2, 0) is 17.8 Å². The van der Waals surface area contributed by atoms with Crippen molar-refractivity contribution in [1.29, 1.82) is 0 Å². The van der Waals surface area contributed by atoms with E-state index in [4.69, 9.17) is 18.3 Å². The standard InChI is InChI=1S/C28H19NO14/c1-7-3-10(30)9-6-40-25-18(24(9)41-7)17(28(37)38)22(33)23(34)19(25)26-15-12(4-8(2)42-26)43-13-5-11(31)20(29-39)16(27(35)36)14(13)21(15)32/h3,5,8,26,31,33-34H,4,6H2,1-2H3,(H,35,36)(H,37,38). The average Bonchev–Trinajstić information content (AvgIpc) is 2.92. The lowest BCUT2D eigenvalue weighted by molar-refractivity contribution is -0.00220. The van der Waals surface area contributed by atoms with Gasteiger partial charge in [-0.3, -0.25) is 9.59 Å². The van der Waals surface area contributed by atoms with Crippen molar-refractivity contribution in [3.05, 3.63) is 76.8 Å². The van der Waals surface area contributed by atoms with Crippen molar-refractivity contribution >= 4 is 28.6 Å². The Kier molecular flexibility index (Phi) is 6.02. The lowest BCUT2D eigenvalue weighted by Gasteiger charge is -2.33. The number of hydrogen-bond acceptors (Lipinski definition) is 13. The summed E-state index contributed by atoms with van der Waals surface area (Å²) in [6.45, 7) is 2.57. The van der Waals surface area contributed by atoms with Crippen LogP contribution in [0.15, 0.2) is 35.7 Å². The van der Waals surface area contributed by atoms with Crippen molar-refractivity contribution in [3.63, 3.8) is 0 Å². The van der Waals surface area contributed by atoms with E-state index in [2.05, 4.69) is 5.18 Å². The number of nitrogens with zero attached hydrogens (tertiary/aromatic N) is 1. The Labute approximate surface area is 237 Å². The molecule has 2 aliphatic rings. The second-order valence-electron chi connectivity index (χ2n) is 10.0. The van der Waals surface area contributed by atoms with Crippen LogP contribution >= 0.6 is 0 Å². The molecule has 15 nitrogen and oxygen atoms in total. The minimum absolute atomic E-state index is 0.0479. The minimum Gasteiger partial charge on any atom is -0.505 e. The van der Waals surface area contributed by atoms with E-state index < -0.39 is 97.9 Å². The molecule has 2 unspecified atom stereocenters. The number of aromatic hydroxyl groups is 3. The van der Waals surface area contributed by atoms with Crippen LogP contribution in [-0.4, -0.2) is 43.6 Å². The second kappa shape index (κ2) is 9.42. The van der Waals surface area contributed by atoms with Gasteiger partial charge in [0.05, 0.1) is 33.7 Å². The average molecular weight is 593 g/mol. The number of fused-ring (bicyclic) bond motifs is 5. The number of carboxylic acids is 2. The molecule has 0 saturated carbocycles. The monoisotopic (exact) mass is 593 g/mol. The van der Waals surface area contributed by atoms with Gasteiger partial charge in [-0.1, -0.05) is 0 Å². The summed E-state index contributed by atoms with van der Waals surface area (Å²) in [5.74, 6) is -7.12. The lowest BCUT2D eigenvalue weighted by atomic mass is 9.87. The molecular formula is C28H19NO14. The maximum Gasteiger partial charge on any atom is 0.340 e. The summed E-state index contributed by atoms with van der Waals surface area (Å²) in [5.41, 5.74) is -5.96. The van der Waals surface area contributed by atoms with Gasteiger partial charge in [0, 0.05) is 18.6 Å². The number of benzene rings is 2. The highest BCUT2D eigenvalue weighted by molar-refractivity contribution is 6.08. The fourth-order valence-electron chi connectivity index (χ4n) is 5.59. The summed E-state index contributed by atoms with van der Waals surface area (Å²) in [4.78, 5) is 62.6. The maximum atomic E-state index is 14.0. The second-order valence-corrected chi connectivity index (χ2v) is 10.0. The first-order valence-electron chi connectivity index (χ1n) is 12.5. The highest BCUT2D eigenvalue weighted by atomic mass is 16.5. The van der Waals surface area contributed by atoms with E-state index in [0.29, 0.717) is 0 Å². The topological polar surface area (TPSA) is 244 Å². The van der Waals surface area contributed by atoms with E-state index in [1.165, 1.54) is 6.92 Å². The van der Waals surface area contributed by atoms with Crippen molar-refractivity contribution < 1.29 is 53.4 Å². The predicted octanol–water partition coefficient (Wildman–Crippen LogP) is 3.58. The molecular weight excluding hydrogens is 574 g/mol. The normalized spacial score (nSPS) is 17.0. The Morgan fingerprint density at radius 1 is 0.977 bits per heavy atom. The fourth-order valence-corrected chi connectivity index (χ4v) is 5.59. The van der Waals surface area contributed by atoms with Gasteiger partial charge in [0.15, 0.2) is 28.0 Å². The van der Waals surface area contributed by atoms with Crippen molar-refractivity contribution in [2.45, 2.75) is 39.1 Å². The van der Waals surface area contributed by atoms with Crippen LogP contribution in [0, 0.1) is 11.8 Å². The highest BCUT2D eigenvalue weighted by Gasteiger charge is 2.43. The SMILES string of the molecule is Cc1cc(=O)c2c(o1)-c1c(c(C3OC(C)Cc4oc5cc(O)c(N=O)c(C(=O)O)c5c(=O)c43)c(O)c(O)c1C(=O)O)OC2. The number of rotatable bonds is 4. The largest absolute Gasteiger partial charge is 0.505 e. The van der Waals surface area contributed by atoms with E-state index >= 15 is 0 Å². The number of carbonyl (C=O) groups is 2. The van der Waals surface area contributed by atoms with E-state index in [1.54, 1.807) is 6.92 Å². The summed E-state index contributed by atoms with van der Waals surface area (Å²) in [6.07, 6.45) is -2.45. The minimum atomic E-state index is -1.78. The molecule has 2 atom stereocenters. The van der Waals surface area contributed by atoms with E-state index in [9.17, 15) is 49.6 Å². The van der Waals surface area contributed by atoms with Gasteiger partial charge in [0.2, 0.25) is 0 Å². The van der Waals surface area contributed by atoms with Gasteiger partial charge >= 0.3 is 11.9 Å². The zero-order valence-corrected chi connectivity index (χ0v) is 22.1. The number of carboxylic acid groups (broad SMARTS) is 2. The summed E-state index contributed by atoms with van der Waals surface area (Å²) in [6, 6.07) is 2.03. The molecule has 0 radical (unpaired) electrons. The molecule has 0 bridgehead atoms. The van der Waals surface area contributed by atoms with Gasteiger partial charge in [-0.2, -0.15) is 0 Å². The van der Waals surface area contributed by atoms with Gasteiger partial charge in [-0.05, 0) is 19.0 Å². The van der Waals surface area contributed by atoms with Gasteiger partial charge in [0.1, 0.15) is 58.2 Å². The van der Waals surface area contributed by atoms with E-state index in [0.717, 1.165) is 12.1 Å². The zero-order chi connectivity index (χ0) is 31.1. The van der Waals surface area contributed by atoms with Crippen LogP contribution in [0.3, 0.4) is 0 Å². The lowest BCUT2D eigenvalue weighted by Crippen LogP contribution is -2.31. The van der Waals surface area contributed by atoms with Crippen molar-refractivity contribution in [1.82, 2.24) is 0 Å². The number of phenolic OH excluding ortho intramolecular Hbond substituents is 2. The highest BCUT2D eigenvalue weighted by Crippen LogP contribution is 2.55. The quantitative estimate of drug-likeness (QED) is 0.168. The van der Waals surface area contributed by atoms with Gasteiger partial charge in [-0.25, -0.2) is 9.59 Å². The predicted molar refractivity (Wildman–Crippen MR) is 142 cm³/mol. The van der Waals surface area contributed by atoms with E-state index in [-0.39, 0.29) is 40.4 Å². The molecule has 0 aliphatic carbocycles. The number of aromatic carboxylic acids is 2. The van der Waals surface area contributed by atoms with Gasteiger partial charge < -0.3 is 43.8 Å². The molecule has 0 saturated heterocycles. The van der Waals surface area contributed by atoms with Crippen molar-refractivity contribution in [2.24, 2.45) is 5.18 Å². The molecule has 4 heterocycles. The van der Waals surface area contributed by atoms with Crippen LogP contribution in [0.2, 0.25) is 0 Å². The molecule has 5 N–H and O–H groups in total. The van der Waals surface area contributed by atoms with Gasteiger partial charge in [-0.15, -0.1) is 4.91 Å². The third-order valence-corrected chi connectivity index (χ3v) is 7.33. The summed E-state index contributed by atoms with van der Waals surface area (Å²) in [5, 5.41) is 54.1. The smallest absolute Gasteiger partial charge is 0.340 e. The first kappa shape index (κ1) is 27.5. The molecule has 2 aromatic heterocycles. The van der Waals surface area contributed by atoms with Crippen LogP contribution in [0.1, 0.15) is 62.0 Å². The van der Waals surface area contributed by atoms with E-state index in [1.807, 2.05) is 0 Å². The molecule has 0 spiro atoms. The first-order chi connectivity index (χ1) is 20.3. The first-order valence-corrected chi connectivity index (χ1v) is 12.5. The maximum absolute atomic E-state index is 14.0. The summed E-state index contributed by atoms with van der Waals surface area (Å²) >= 11 is 0. The molecule has 0 amide bonds. The fraction of sp³-hybridized carbons (Fsp3) is 0.214. The number of nitroso groups, excluding NO2 is 1. The zero-order valence-electron chi connectivity index (χ0n) is 22.1. The Morgan fingerprint density at radius 2 is 1.67 bits per heavy atom. The third-order valence-electron chi connectivity index (χ3n) is 7.33. The van der Waals surface area contributed by atoms with Crippen LogP contribution in [0.5, 0.6) is 23.0 Å².